The van der Waals surface area contributed by atoms with E-state index in [0.29, 0.717) is 5.56 Å². The van der Waals surface area contributed by atoms with Crippen LogP contribution in [0.25, 0.3) is 0 Å². The molecule has 0 fully saturated rings. The number of hydrogen-bond donors (Lipinski definition) is 1. The van der Waals surface area contributed by atoms with E-state index in [1.54, 1.807) is 24.3 Å². The van der Waals surface area contributed by atoms with E-state index in [-0.39, 0.29) is 6.42 Å². The van der Waals surface area contributed by atoms with Gasteiger partial charge in [0.2, 0.25) is 0 Å². The third-order valence-electron chi connectivity index (χ3n) is 2.18. The predicted molar refractivity (Wildman–Crippen MR) is 62.6 cm³/mol. The maximum Gasteiger partial charge on any atom is 0.322 e. The summed E-state index contributed by atoms with van der Waals surface area (Å²) in [5.41, 5.74) is 5.97. The smallest absolute Gasteiger partial charge is 0.322 e. The minimum atomic E-state index is -1.27. The van der Waals surface area contributed by atoms with Crippen LogP contribution in [-0.2, 0) is 9.53 Å². The van der Waals surface area contributed by atoms with Crippen LogP contribution in [0.3, 0.4) is 0 Å². The zero-order valence-corrected chi connectivity index (χ0v) is 10.4. The van der Waals surface area contributed by atoms with Gasteiger partial charge in [-0.15, -0.1) is 0 Å². The fourth-order valence-electron chi connectivity index (χ4n) is 1.31. The lowest BCUT2D eigenvalue weighted by molar-refractivity contribution is -0.142. The van der Waals surface area contributed by atoms with E-state index in [2.05, 4.69) is 20.7 Å². The van der Waals surface area contributed by atoms with Crippen molar-refractivity contribution in [3.8, 4) is 0 Å². The maximum atomic E-state index is 13.8. The average Bonchev–Trinajstić information content (AvgIpc) is 2.27. The quantitative estimate of drug-likeness (QED) is 0.866. The zero-order chi connectivity index (χ0) is 12.1. The summed E-state index contributed by atoms with van der Waals surface area (Å²) in [6.45, 7) is 0. The fraction of sp³-hybridized carbons (Fsp3) is 0.364. The number of rotatable bonds is 4. The summed E-state index contributed by atoms with van der Waals surface area (Å²) in [6.07, 6.45) is -1.35. The largest absolute Gasteiger partial charge is 0.468 e. The number of carbonyl (C=O) groups is 1. The Morgan fingerprint density at radius 3 is 2.88 bits per heavy atom. The minimum absolute atomic E-state index is 0.0802. The Labute approximate surface area is 102 Å². The first-order valence-corrected chi connectivity index (χ1v) is 5.57. The van der Waals surface area contributed by atoms with Crippen molar-refractivity contribution in [2.24, 2.45) is 5.73 Å². The van der Waals surface area contributed by atoms with Crippen LogP contribution in [0.1, 0.15) is 18.2 Å². The molecule has 0 heterocycles. The second-order valence-corrected chi connectivity index (χ2v) is 4.30. The molecular weight excluding hydrogens is 277 g/mol. The van der Waals surface area contributed by atoms with Crippen molar-refractivity contribution in [1.82, 2.24) is 0 Å². The Bertz CT molecular complexity index is 373. The normalized spacial score (nSPS) is 14.2. The first-order valence-electron chi connectivity index (χ1n) is 4.77. The van der Waals surface area contributed by atoms with Gasteiger partial charge in [-0.25, -0.2) is 4.39 Å². The molecule has 2 unspecified atom stereocenters. The molecule has 0 radical (unpaired) electrons. The number of nitrogens with two attached hydrogens (primary N) is 1. The second-order valence-electron chi connectivity index (χ2n) is 3.39. The highest BCUT2D eigenvalue weighted by Crippen LogP contribution is 2.25. The molecule has 0 saturated heterocycles. The molecule has 0 amide bonds. The van der Waals surface area contributed by atoms with Crippen LogP contribution < -0.4 is 5.73 Å². The van der Waals surface area contributed by atoms with Crippen molar-refractivity contribution in [2.75, 3.05) is 7.11 Å². The summed E-state index contributed by atoms with van der Waals surface area (Å²) in [4.78, 5) is 11.0. The molecule has 0 spiro atoms. The number of alkyl halides is 1. The van der Waals surface area contributed by atoms with Gasteiger partial charge < -0.3 is 10.5 Å². The van der Waals surface area contributed by atoms with Crippen molar-refractivity contribution in [3.05, 3.63) is 34.3 Å². The van der Waals surface area contributed by atoms with Gasteiger partial charge in [-0.05, 0) is 17.7 Å². The number of benzene rings is 1. The Morgan fingerprint density at radius 2 is 2.31 bits per heavy atom. The van der Waals surface area contributed by atoms with Crippen LogP contribution in [0.4, 0.5) is 4.39 Å². The standard InChI is InChI=1S/C11H13BrFNO2/c1-16-11(15)10(14)6-9(13)7-3-2-4-8(12)5-7/h2-5,9-10H,6,14H2,1H3. The van der Waals surface area contributed by atoms with E-state index in [1.807, 2.05) is 0 Å². The third-order valence-corrected chi connectivity index (χ3v) is 2.67. The first kappa shape index (κ1) is 13.1. The molecule has 0 aromatic heterocycles. The van der Waals surface area contributed by atoms with E-state index in [4.69, 9.17) is 5.73 Å². The Balaban J connectivity index is 2.65. The molecule has 0 aliphatic rings. The molecular formula is C11H13BrFNO2. The van der Waals surface area contributed by atoms with Crippen LogP contribution >= 0.6 is 15.9 Å². The molecule has 2 atom stereocenters. The molecule has 1 rings (SSSR count). The number of carbonyl (C=O) groups excluding carboxylic acids is 1. The molecule has 0 aliphatic carbocycles. The molecule has 0 aliphatic heterocycles. The monoisotopic (exact) mass is 289 g/mol. The summed E-state index contributed by atoms with van der Waals surface area (Å²) in [7, 11) is 1.23. The highest BCUT2D eigenvalue weighted by atomic mass is 79.9. The molecule has 0 bridgehead atoms. The van der Waals surface area contributed by atoms with Crippen LogP contribution in [0, 0.1) is 0 Å². The summed E-state index contributed by atoms with van der Waals surface area (Å²) >= 11 is 3.25. The molecule has 16 heavy (non-hydrogen) atoms. The number of esters is 1. The zero-order valence-electron chi connectivity index (χ0n) is 8.82. The Kier molecular flexibility index (Phi) is 4.89. The predicted octanol–water partition coefficient (Wildman–Crippen LogP) is 2.35. The van der Waals surface area contributed by atoms with Gasteiger partial charge in [-0.1, -0.05) is 28.1 Å². The highest BCUT2D eigenvalue weighted by Gasteiger charge is 2.20. The molecule has 88 valence electrons. The van der Waals surface area contributed by atoms with Crippen molar-refractivity contribution >= 4 is 21.9 Å². The van der Waals surface area contributed by atoms with Crippen molar-refractivity contribution in [3.63, 3.8) is 0 Å². The van der Waals surface area contributed by atoms with E-state index in [1.165, 1.54) is 7.11 Å². The van der Waals surface area contributed by atoms with Crippen LogP contribution in [-0.4, -0.2) is 19.1 Å². The third kappa shape index (κ3) is 3.57. The lowest BCUT2D eigenvalue weighted by Crippen LogP contribution is -2.32. The molecule has 3 nitrogen and oxygen atoms in total. The van der Waals surface area contributed by atoms with Crippen LogP contribution in [0.15, 0.2) is 28.7 Å². The van der Waals surface area contributed by atoms with Gasteiger partial charge in [0, 0.05) is 10.9 Å². The van der Waals surface area contributed by atoms with E-state index < -0.39 is 18.2 Å². The van der Waals surface area contributed by atoms with Crippen LogP contribution in [0.2, 0.25) is 0 Å². The van der Waals surface area contributed by atoms with Gasteiger partial charge in [0.25, 0.3) is 0 Å². The van der Waals surface area contributed by atoms with Crippen molar-refractivity contribution < 1.29 is 13.9 Å². The molecule has 5 heteroatoms. The highest BCUT2D eigenvalue weighted by molar-refractivity contribution is 9.10. The van der Waals surface area contributed by atoms with Crippen molar-refractivity contribution in [2.45, 2.75) is 18.6 Å². The summed E-state index contributed by atoms with van der Waals surface area (Å²) in [5, 5.41) is 0. The van der Waals surface area contributed by atoms with Crippen LogP contribution in [0.5, 0.6) is 0 Å². The van der Waals surface area contributed by atoms with Gasteiger partial charge >= 0.3 is 5.97 Å². The molecule has 0 saturated carbocycles. The van der Waals surface area contributed by atoms with E-state index >= 15 is 0 Å². The average molecular weight is 290 g/mol. The maximum absolute atomic E-state index is 13.8. The number of ether oxygens (including phenoxy) is 1. The van der Waals surface area contributed by atoms with E-state index in [0.717, 1.165) is 4.47 Å². The van der Waals surface area contributed by atoms with Crippen molar-refractivity contribution in [1.29, 1.82) is 0 Å². The van der Waals surface area contributed by atoms with Gasteiger partial charge in [0.15, 0.2) is 0 Å². The van der Waals surface area contributed by atoms with E-state index in [9.17, 15) is 9.18 Å². The molecule has 2 N–H and O–H groups in total. The number of halogens is 2. The first-order chi connectivity index (χ1) is 7.54. The lowest BCUT2D eigenvalue weighted by atomic mass is 10.0. The summed E-state index contributed by atoms with van der Waals surface area (Å²) in [5.74, 6) is -0.599. The number of methoxy groups -OCH3 is 1. The number of hydrogen-bond acceptors (Lipinski definition) is 3. The topological polar surface area (TPSA) is 52.3 Å². The minimum Gasteiger partial charge on any atom is -0.468 e. The van der Waals surface area contributed by atoms with Gasteiger partial charge in [0.05, 0.1) is 7.11 Å². The summed E-state index contributed by atoms with van der Waals surface area (Å²) < 4.78 is 19.0. The van der Waals surface area contributed by atoms with Gasteiger partial charge in [-0.2, -0.15) is 0 Å². The summed E-state index contributed by atoms with van der Waals surface area (Å²) in [6, 6.07) is 5.92. The van der Waals surface area contributed by atoms with Gasteiger partial charge in [-0.3, -0.25) is 4.79 Å². The SMILES string of the molecule is COC(=O)C(N)CC(F)c1cccc(Br)c1. The Hall–Kier alpha value is -0.940. The molecule has 1 aromatic carbocycles. The molecule has 1 aromatic rings. The fourth-order valence-corrected chi connectivity index (χ4v) is 1.72. The van der Waals surface area contributed by atoms with Gasteiger partial charge in [0.1, 0.15) is 12.2 Å². The second kappa shape index (κ2) is 5.96. The lowest BCUT2D eigenvalue weighted by Gasteiger charge is -2.13. The Morgan fingerprint density at radius 1 is 1.62 bits per heavy atom.